The Labute approximate surface area is 90.7 Å². The second-order valence-corrected chi connectivity index (χ2v) is 4.78. The SMILES string of the molecule is CC(C)N(CCN)CCc1cccs1. The van der Waals surface area contributed by atoms with Crippen molar-refractivity contribution in [2.24, 2.45) is 5.73 Å². The molecule has 1 aromatic heterocycles. The summed E-state index contributed by atoms with van der Waals surface area (Å²) in [4.78, 5) is 3.90. The maximum Gasteiger partial charge on any atom is 0.0107 e. The van der Waals surface area contributed by atoms with Gasteiger partial charge in [0.15, 0.2) is 0 Å². The van der Waals surface area contributed by atoms with Crippen LogP contribution < -0.4 is 5.73 Å². The molecule has 1 heterocycles. The molecule has 0 aliphatic heterocycles. The molecule has 14 heavy (non-hydrogen) atoms. The topological polar surface area (TPSA) is 29.3 Å². The fourth-order valence-electron chi connectivity index (χ4n) is 1.50. The lowest BCUT2D eigenvalue weighted by molar-refractivity contribution is 0.231. The summed E-state index contributed by atoms with van der Waals surface area (Å²) in [6.45, 7) is 7.33. The lowest BCUT2D eigenvalue weighted by atomic mass is 10.2. The van der Waals surface area contributed by atoms with Crippen LogP contribution in [0.15, 0.2) is 17.5 Å². The van der Waals surface area contributed by atoms with Crippen molar-refractivity contribution >= 4 is 11.3 Å². The van der Waals surface area contributed by atoms with E-state index in [1.165, 1.54) is 4.88 Å². The predicted octanol–water partition coefficient (Wildman–Crippen LogP) is 1.96. The standard InChI is InChI=1S/C11H20N2S/c1-10(2)13(8-6-12)7-5-11-4-3-9-14-11/h3-4,9-10H,5-8,12H2,1-2H3. The van der Waals surface area contributed by atoms with Gasteiger partial charge in [-0.05, 0) is 31.7 Å². The zero-order valence-corrected chi connectivity index (χ0v) is 9.89. The molecule has 0 bridgehead atoms. The third kappa shape index (κ3) is 3.78. The van der Waals surface area contributed by atoms with Crippen LogP contribution in [0, 0.1) is 0 Å². The summed E-state index contributed by atoms with van der Waals surface area (Å²) < 4.78 is 0. The molecule has 3 heteroatoms. The van der Waals surface area contributed by atoms with Crippen LogP contribution in [0.1, 0.15) is 18.7 Å². The summed E-state index contributed by atoms with van der Waals surface area (Å²) in [5.74, 6) is 0. The third-order valence-corrected chi connectivity index (χ3v) is 3.31. The molecule has 0 fully saturated rings. The molecule has 0 aliphatic carbocycles. The first-order chi connectivity index (χ1) is 6.74. The van der Waals surface area contributed by atoms with Gasteiger partial charge in [-0.25, -0.2) is 0 Å². The average molecular weight is 212 g/mol. The Morgan fingerprint density at radius 1 is 1.43 bits per heavy atom. The summed E-state index contributed by atoms with van der Waals surface area (Å²) in [6.07, 6.45) is 1.15. The summed E-state index contributed by atoms with van der Waals surface area (Å²) in [5.41, 5.74) is 5.58. The van der Waals surface area contributed by atoms with Gasteiger partial charge in [-0.2, -0.15) is 0 Å². The highest BCUT2D eigenvalue weighted by Crippen LogP contribution is 2.10. The van der Waals surface area contributed by atoms with Gasteiger partial charge in [0.2, 0.25) is 0 Å². The Balaban J connectivity index is 2.33. The van der Waals surface area contributed by atoms with Crippen molar-refractivity contribution in [1.82, 2.24) is 4.90 Å². The van der Waals surface area contributed by atoms with Crippen LogP contribution in [0.5, 0.6) is 0 Å². The van der Waals surface area contributed by atoms with Gasteiger partial charge in [-0.3, -0.25) is 4.90 Å². The summed E-state index contributed by atoms with van der Waals surface area (Å²) >= 11 is 1.84. The lowest BCUT2D eigenvalue weighted by Gasteiger charge is -2.25. The molecule has 0 atom stereocenters. The Hall–Kier alpha value is -0.380. The van der Waals surface area contributed by atoms with Gasteiger partial charge < -0.3 is 5.73 Å². The number of thiophene rings is 1. The minimum Gasteiger partial charge on any atom is -0.329 e. The van der Waals surface area contributed by atoms with E-state index in [9.17, 15) is 0 Å². The largest absolute Gasteiger partial charge is 0.329 e. The molecule has 1 aromatic rings. The molecule has 0 saturated heterocycles. The van der Waals surface area contributed by atoms with E-state index in [4.69, 9.17) is 5.73 Å². The highest BCUT2D eigenvalue weighted by Gasteiger charge is 2.07. The van der Waals surface area contributed by atoms with Gasteiger partial charge in [-0.15, -0.1) is 11.3 Å². The molecule has 2 N–H and O–H groups in total. The van der Waals surface area contributed by atoms with Crippen LogP contribution in [0.25, 0.3) is 0 Å². The van der Waals surface area contributed by atoms with E-state index in [1.807, 2.05) is 11.3 Å². The fourth-order valence-corrected chi connectivity index (χ4v) is 2.20. The van der Waals surface area contributed by atoms with Crippen molar-refractivity contribution in [3.05, 3.63) is 22.4 Å². The van der Waals surface area contributed by atoms with E-state index in [1.54, 1.807) is 0 Å². The molecule has 0 amide bonds. The number of hydrogen-bond acceptors (Lipinski definition) is 3. The lowest BCUT2D eigenvalue weighted by Crippen LogP contribution is -2.36. The Morgan fingerprint density at radius 2 is 2.21 bits per heavy atom. The first kappa shape index (κ1) is 11.7. The molecule has 0 saturated carbocycles. The van der Waals surface area contributed by atoms with Crippen molar-refractivity contribution in [2.45, 2.75) is 26.3 Å². The zero-order chi connectivity index (χ0) is 10.4. The van der Waals surface area contributed by atoms with Crippen LogP contribution in [-0.2, 0) is 6.42 Å². The van der Waals surface area contributed by atoms with E-state index >= 15 is 0 Å². The van der Waals surface area contributed by atoms with Crippen LogP contribution in [0.2, 0.25) is 0 Å². The third-order valence-electron chi connectivity index (χ3n) is 2.37. The monoisotopic (exact) mass is 212 g/mol. The Kier molecular flexibility index (Phi) is 5.15. The average Bonchev–Trinajstić information content (AvgIpc) is 2.64. The Bertz CT molecular complexity index is 231. The molecule has 1 rings (SSSR count). The molecule has 0 unspecified atom stereocenters. The Morgan fingerprint density at radius 3 is 2.71 bits per heavy atom. The highest BCUT2D eigenvalue weighted by molar-refractivity contribution is 7.09. The van der Waals surface area contributed by atoms with Gasteiger partial charge in [0, 0.05) is 30.6 Å². The van der Waals surface area contributed by atoms with Crippen molar-refractivity contribution in [2.75, 3.05) is 19.6 Å². The first-order valence-corrected chi connectivity index (χ1v) is 6.08. The quantitative estimate of drug-likeness (QED) is 0.781. The van der Waals surface area contributed by atoms with Crippen molar-refractivity contribution < 1.29 is 0 Å². The van der Waals surface area contributed by atoms with Crippen molar-refractivity contribution in [3.8, 4) is 0 Å². The van der Waals surface area contributed by atoms with Crippen LogP contribution in [0.3, 0.4) is 0 Å². The van der Waals surface area contributed by atoms with Crippen molar-refractivity contribution in [1.29, 1.82) is 0 Å². The molecule has 0 aromatic carbocycles. The number of nitrogens with two attached hydrogens (primary N) is 1. The normalized spacial score (nSPS) is 11.5. The number of rotatable bonds is 6. The van der Waals surface area contributed by atoms with E-state index in [0.29, 0.717) is 6.04 Å². The van der Waals surface area contributed by atoms with Gasteiger partial charge in [0.25, 0.3) is 0 Å². The molecule has 2 nitrogen and oxygen atoms in total. The van der Waals surface area contributed by atoms with E-state index in [2.05, 4.69) is 36.3 Å². The highest BCUT2D eigenvalue weighted by atomic mass is 32.1. The summed E-state index contributed by atoms with van der Waals surface area (Å²) in [6, 6.07) is 4.91. The van der Waals surface area contributed by atoms with E-state index < -0.39 is 0 Å². The predicted molar refractivity (Wildman–Crippen MR) is 63.8 cm³/mol. The van der Waals surface area contributed by atoms with Crippen LogP contribution in [0.4, 0.5) is 0 Å². The number of hydrogen-bond donors (Lipinski definition) is 1. The maximum absolute atomic E-state index is 5.58. The van der Waals surface area contributed by atoms with Gasteiger partial charge in [0.1, 0.15) is 0 Å². The van der Waals surface area contributed by atoms with Gasteiger partial charge in [-0.1, -0.05) is 6.07 Å². The van der Waals surface area contributed by atoms with Crippen LogP contribution in [-0.4, -0.2) is 30.6 Å². The van der Waals surface area contributed by atoms with Gasteiger partial charge in [0.05, 0.1) is 0 Å². The smallest absolute Gasteiger partial charge is 0.0107 e. The summed E-state index contributed by atoms with van der Waals surface area (Å²) in [5, 5.41) is 2.14. The minimum atomic E-state index is 0.596. The molecule has 0 radical (unpaired) electrons. The summed E-state index contributed by atoms with van der Waals surface area (Å²) in [7, 11) is 0. The molecule has 0 spiro atoms. The molecular weight excluding hydrogens is 192 g/mol. The fraction of sp³-hybridized carbons (Fsp3) is 0.636. The zero-order valence-electron chi connectivity index (χ0n) is 9.07. The van der Waals surface area contributed by atoms with E-state index in [0.717, 1.165) is 26.1 Å². The maximum atomic E-state index is 5.58. The second-order valence-electron chi connectivity index (χ2n) is 3.75. The molecular formula is C11H20N2S. The molecule has 0 aliphatic rings. The number of nitrogens with zero attached hydrogens (tertiary/aromatic N) is 1. The van der Waals surface area contributed by atoms with E-state index in [-0.39, 0.29) is 0 Å². The first-order valence-electron chi connectivity index (χ1n) is 5.20. The second kappa shape index (κ2) is 6.17. The molecule has 80 valence electrons. The van der Waals surface area contributed by atoms with Gasteiger partial charge >= 0.3 is 0 Å². The van der Waals surface area contributed by atoms with Crippen LogP contribution >= 0.6 is 11.3 Å². The minimum absolute atomic E-state index is 0.596. The van der Waals surface area contributed by atoms with Crippen molar-refractivity contribution in [3.63, 3.8) is 0 Å².